The van der Waals surface area contributed by atoms with Gasteiger partial charge in [0.15, 0.2) is 11.5 Å². The molecule has 29 nitrogen and oxygen atoms in total. The number of ether oxygens (including phenoxy) is 2. The monoisotopic (exact) mass is 1940 g/mol. The molecule has 700 valence electrons. The smallest absolute Gasteiger partial charge is 0.503 e. The summed E-state index contributed by atoms with van der Waals surface area (Å²) in [6.07, 6.45) is 7.47. The number of morpholine rings is 2. The van der Waals surface area contributed by atoms with E-state index in [1.807, 2.05) is 211 Å². The van der Waals surface area contributed by atoms with Gasteiger partial charge in [-0.15, -0.1) is 0 Å². The lowest BCUT2D eigenvalue weighted by Crippen LogP contribution is -2.36. The van der Waals surface area contributed by atoms with Crippen LogP contribution < -0.4 is 52.4 Å². The van der Waals surface area contributed by atoms with Crippen LogP contribution in [0.2, 0.25) is 0 Å². The van der Waals surface area contributed by atoms with Gasteiger partial charge in [0.05, 0.1) is 96.4 Å². The van der Waals surface area contributed by atoms with E-state index >= 15 is 0 Å². The van der Waals surface area contributed by atoms with Crippen LogP contribution >= 0.6 is 15.9 Å². The highest BCUT2D eigenvalue weighted by atomic mass is 79.9. The van der Waals surface area contributed by atoms with E-state index in [0.29, 0.717) is 46.6 Å². The SMILES string of the molecule is Cn1c(=O)c(Nc2ccc(N3CCOCC3)cc2)cc2cc(-c3ccn(Cc4ccccc4)n3)ccc21.Cn1c(=O)c(Nc2ccc(N3CCOCC3)cc2)cc2cc(-c3ccn[nH]3)ccc21.Cn1c(=O)c(O)cc2cc(-c3ccn(Cc4ccccc4)n3)ccc21.Cn1c(=O)c(O)cc2cc(Br)ccc21.Cn1c(=O)c(OS(=O)(=O)C(F)(F)F)cc2cc(-c3ccn(Cc4ccccc4)n3)ccc21. The molecule has 2 fully saturated rings. The van der Waals surface area contributed by atoms with Crippen molar-refractivity contribution in [2.75, 3.05) is 73.0 Å². The highest BCUT2D eigenvalue weighted by molar-refractivity contribution is 9.10. The van der Waals surface area contributed by atoms with Crippen molar-refractivity contribution < 1.29 is 45.5 Å². The topological polar surface area (TPSA) is 325 Å². The first kappa shape index (κ1) is 93.6. The molecule has 19 aromatic rings. The van der Waals surface area contributed by atoms with E-state index in [9.17, 15) is 55.8 Å². The summed E-state index contributed by atoms with van der Waals surface area (Å²) in [5.74, 6) is -1.41. The Morgan fingerprint density at radius 3 is 1.12 bits per heavy atom. The van der Waals surface area contributed by atoms with Gasteiger partial charge in [0, 0.05) is 163 Å². The Bertz CT molecular complexity index is 8100. The van der Waals surface area contributed by atoms with Crippen LogP contribution in [0.3, 0.4) is 0 Å². The van der Waals surface area contributed by atoms with Gasteiger partial charge >= 0.3 is 15.6 Å². The molecule has 0 bridgehead atoms. The molecule has 0 unspecified atom stereocenters. The summed E-state index contributed by atoms with van der Waals surface area (Å²) in [7, 11) is 2.23. The fraction of sp³-hybridized carbons (Fsp3) is 0.163. The van der Waals surface area contributed by atoms with Crippen molar-refractivity contribution in [1.29, 1.82) is 0 Å². The molecule has 21 rings (SSSR count). The van der Waals surface area contributed by atoms with Gasteiger partial charge < -0.3 is 67.1 Å². The predicted molar refractivity (Wildman–Crippen MR) is 536 cm³/mol. The second-order valence-corrected chi connectivity index (χ2v) is 35.4. The number of hydrogen-bond acceptors (Lipinski definition) is 20. The number of aromatic nitrogens is 13. The molecule has 138 heavy (non-hydrogen) atoms. The van der Waals surface area contributed by atoms with Crippen LogP contribution in [-0.2, 0) is 74.5 Å². The van der Waals surface area contributed by atoms with Crippen molar-refractivity contribution in [3.05, 3.63) is 383 Å². The lowest BCUT2D eigenvalue weighted by atomic mass is 10.1. The Hall–Kier alpha value is -16.2. The number of nitrogens with one attached hydrogen (secondary N) is 3. The van der Waals surface area contributed by atoms with Gasteiger partial charge in [-0.2, -0.15) is 42.0 Å². The number of H-pyrrole nitrogens is 1. The van der Waals surface area contributed by atoms with E-state index in [4.69, 9.17) is 14.6 Å². The van der Waals surface area contributed by atoms with Crippen LogP contribution in [0, 0.1) is 0 Å². The summed E-state index contributed by atoms with van der Waals surface area (Å²) < 4.78 is 89.5. The molecule has 9 aromatic heterocycles. The molecular weight excluding hydrogens is 1850 g/mol. The maximum Gasteiger partial charge on any atom is 0.534 e. The quantitative estimate of drug-likeness (QED) is 0.0393. The molecule has 2 saturated heterocycles. The fourth-order valence-electron chi connectivity index (χ4n) is 16.4. The third-order valence-corrected chi connectivity index (χ3v) is 25.2. The lowest BCUT2D eigenvalue weighted by Gasteiger charge is -2.28. The maximum atomic E-state index is 13.1. The minimum absolute atomic E-state index is 0.0611. The van der Waals surface area contributed by atoms with Gasteiger partial charge in [-0.1, -0.05) is 131 Å². The second-order valence-electron chi connectivity index (χ2n) is 33.0. The van der Waals surface area contributed by atoms with Crippen molar-refractivity contribution in [2.45, 2.75) is 25.1 Å². The van der Waals surface area contributed by atoms with Crippen LogP contribution in [0.5, 0.6) is 17.2 Å². The summed E-state index contributed by atoms with van der Waals surface area (Å²) >= 11 is 3.33. The van der Waals surface area contributed by atoms with Gasteiger partial charge in [-0.3, -0.25) is 43.1 Å². The second kappa shape index (κ2) is 41.0. The zero-order valence-electron chi connectivity index (χ0n) is 75.4. The summed E-state index contributed by atoms with van der Waals surface area (Å²) in [6.45, 7) is 8.59. The number of anilines is 6. The molecule has 10 aromatic carbocycles. The first-order valence-corrected chi connectivity index (χ1v) is 46.1. The van der Waals surface area contributed by atoms with E-state index in [2.05, 4.69) is 122 Å². The van der Waals surface area contributed by atoms with Crippen LogP contribution in [0.1, 0.15) is 16.7 Å². The third kappa shape index (κ3) is 21.5. The number of aryl methyl sites for hydroxylation is 5. The van der Waals surface area contributed by atoms with Crippen LogP contribution in [0.15, 0.2) is 338 Å². The molecule has 0 amide bonds. The molecule has 5 N–H and O–H groups in total. The number of halogens is 4. The first-order chi connectivity index (χ1) is 66.6. The van der Waals surface area contributed by atoms with Crippen molar-refractivity contribution >= 4 is 115 Å². The van der Waals surface area contributed by atoms with Crippen molar-refractivity contribution in [1.82, 2.24) is 62.4 Å². The van der Waals surface area contributed by atoms with Gasteiger partial charge in [0.25, 0.3) is 27.8 Å². The minimum atomic E-state index is -5.98. The number of benzene rings is 10. The van der Waals surface area contributed by atoms with Crippen LogP contribution in [0.25, 0.3) is 99.5 Å². The average Bonchev–Trinajstić information content (AvgIpc) is 1.14. The summed E-state index contributed by atoms with van der Waals surface area (Å²) in [5.41, 5.74) is 11.7. The van der Waals surface area contributed by atoms with Crippen molar-refractivity contribution in [2.24, 2.45) is 35.2 Å². The average molecular weight is 1940 g/mol. The number of hydrogen-bond donors (Lipinski definition) is 5. The molecule has 0 aliphatic carbocycles. The molecule has 0 atom stereocenters. The summed E-state index contributed by atoms with van der Waals surface area (Å²) in [6, 6.07) is 90.4. The Kier molecular flexibility index (Phi) is 27.8. The number of rotatable bonds is 18. The number of nitrogens with zero attached hydrogens (tertiary/aromatic N) is 14. The van der Waals surface area contributed by atoms with Gasteiger partial charge in [-0.25, -0.2) is 0 Å². The standard InChI is InChI=1S/C30H29N5O2.C23H23N5O2.C21H16F3N3O4S.C20H17N3O2.C10H8BrNO2/c1-33-29-12-7-23(27-13-14-35(32-27)21-22-5-3-2-4-6-22)19-24(29)20-28(30(33)36)31-25-8-10-26(11-9-25)34-15-17-37-18-16-34;1-27-22-7-2-16(20-8-9-24-26-20)14-17(22)15-21(23(27)29)25-18-3-5-19(6-4-18)28-10-12-30-13-11-28;1-26-18-8-7-15(17-9-10-27(25-17)13-14-5-3-2-4-6-14)11-16(18)12-19(20(26)28)31-32(29,30)21(22,23)24;1-22-18-8-7-15(11-16(18)12-19(24)20(22)25)17-9-10-23(21-17)13-14-5-3-2-4-6-14;1-12-8-3-2-7(11)4-6(8)5-9(13)10(12)14/h2-14,19-20,31H,15-18,21H2,1H3;2-9,14-15,25H,10-13H2,1H3,(H,24,26);2-12H,13H2,1H3;2-12,24H,13H2,1H3;2-5,13H,1H3. The molecule has 2 aliphatic rings. The number of aromatic amines is 1. The van der Waals surface area contributed by atoms with Crippen LogP contribution in [0.4, 0.5) is 47.3 Å². The van der Waals surface area contributed by atoms with Crippen molar-refractivity contribution in [3.63, 3.8) is 0 Å². The number of alkyl halides is 3. The van der Waals surface area contributed by atoms with E-state index in [0.717, 1.165) is 174 Å². The lowest BCUT2D eigenvalue weighted by molar-refractivity contribution is -0.0500. The Morgan fingerprint density at radius 1 is 0.399 bits per heavy atom. The fourth-order valence-corrected chi connectivity index (χ4v) is 17.2. The van der Waals surface area contributed by atoms with E-state index in [-0.39, 0.29) is 28.2 Å². The number of aromatic hydroxyl groups is 2. The molecule has 11 heterocycles. The molecule has 2 aliphatic heterocycles. The molecule has 34 heteroatoms. The highest BCUT2D eigenvalue weighted by Gasteiger charge is 2.49. The molecule has 0 radical (unpaired) electrons. The highest BCUT2D eigenvalue weighted by Crippen LogP contribution is 2.34. The van der Waals surface area contributed by atoms with Gasteiger partial charge in [0.2, 0.25) is 5.75 Å². The Labute approximate surface area is 796 Å². The van der Waals surface area contributed by atoms with E-state index in [1.54, 1.807) is 71.6 Å². The van der Waals surface area contributed by atoms with Gasteiger partial charge in [-0.05, 0) is 187 Å². The summed E-state index contributed by atoms with van der Waals surface area (Å²) in [4.78, 5) is 66.1. The molecular formula is C104H93BrF3N17O12S. The first-order valence-electron chi connectivity index (χ1n) is 43.9. The van der Waals surface area contributed by atoms with E-state index in [1.165, 1.54) is 45.1 Å². The largest absolute Gasteiger partial charge is 0.534 e. The Balaban J connectivity index is 0.000000122. The number of pyridine rings is 5. The minimum Gasteiger partial charge on any atom is -0.503 e. The molecule has 0 saturated carbocycles. The predicted octanol–water partition coefficient (Wildman–Crippen LogP) is 17.4. The van der Waals surface area contributed by atoms with Gasteiger partial charge in [0.1, 0.15) is 11.4 Å². The van der Waals surface area contributed by atoms with E-state index < -0.39 is 32.5 Å². The normalized spacial score (nSPS) is 12.7. The van der Waals surface area contributed by atoms with Crippen LogP contribution in [-0.4, -0.2) is 139 Å². The molecule has 0 spiro atoms. The Morgan fingerprint density at radius 2 is 0.739 bits per heavy atom. The zero-order chi connectivity index (χ0) is 96.5. The maximum absolute atomic E-state index is 13.1. The third-order valence-electron chi connectivity index (χ3n) is 23.7. The number of fused-ring (bicyclic) bond motifs is 5. The van der Waals surface area contributed by atoms with Crippen molar-refractivity contribution in [3.8, 4) is 62.3 Å². The zero-order valence-corrected chi connectivity index (χ0v) is 77.8. The summed E-state index contributed by atoms with van der Waals surface area (Å²) in [5, 5.41) is 50.6.